The van der Waals surface area contributed by atoms with Crippen LogP contribution < -0.4 is 5.32 Å². The third-order valence-corrected chi connectivity index (χ3v) is 3.98. The standard InChI is InChI=1S/C13H19N3OS/c1-2-3-9-11-15-16-13(18-11)14-12(17)10-7-5-4-6-8-10/h4-5,10H,2-3,6-9H2,1H3,(H,14,16,17). The lowest BCUT2D eigenvalue weighted by atomic mass is 9.94. The molecule has 1 aliphatic rings. The average molecular weight is 265 g/mol. The van der Waals surface area contributed by atoms with Crippen LogP contribution in [-0.4, -0.2) is 16.1 Å². The van der Waals surface area contributed by atoms with Gasteiger partial charge in [-0.25, -0.2) is 0 Å². The molecule has 1 N–H and O–H groups in total. The minimum Gasteiger partial charge on any atom is -0.300 e. The largest absolute Gasteiger partial charge is 0.300 e. The van der Waals surface area contributed by atoms with Crippen molar-refractivity contribution >= 4 is 22.4 Å². The summed E-state index contributed by atoms with van der Waals surface area (Å²) >= 11 is 1.49. The zero-order valence-electron chi connectivity index (χ0n) is 10.7. The van der Waals surface area contributed by atoms with Gasteiger partial charge in [-0.2, -0.15) is 0 Å². The lowest BCUT2D eigenvalue weighted by molar-refractivity contribution is -0.120. The first-order chi connectivity index (χ1) is 8.79. The van der Waals surface area contributed by atoms with Crippen LogP contribution >= 0.6 is 11.3 Å². The Kier molecular flexibility index (Phi) is 4.87. The first-order valence-electron chi connectivity index (χ1n) is 6.58. The van der Waals surface area contributed by atoms with E-state index in [0.29, 0.717) is 5.13 Å². The summed E-state index contributed by atoms with van der Waals surface area (Å²) in [6.07, 6.45) is 10.2. The molecule has 0 aromatic carbocycles. The van der Waals surface area contributed by atoms with Crippen LogP contribution in [0, 0.1) is 5.92 Å². The van der Waals surface area contributed by atoms with E-state index < -0.39 is 0 Å². The number of nitrogens with one attached hydrogen (secondary N) is 1. The molecule has 1 aliphatic carbocycles. The molecule has 0 fully saturated rings. The minimum atomic E-state index is 0.0811. The smallest absolute Gasteiger partial charge is 0.229 e. The Morgan fingerprint density at radius 2 is 2.39 bits per heavy atom. The maximum absolute atomic E-state index is 12.0. The number of rotatable bonds is 5. The third kappa shape index (κ3) is 3.63. The van der Waals surface area contributed by atoms with Gasteiger partial charge in [0.25, 0.3) is 0 Å². The topological polar surface area (TPSA) is 54.9 Å². The number of aryl methyl sites for hydroxylation is 1. The van der Waals surface area contributed by atoms with Crippen LogP contribution in [0.3, 0.4) is 0 Å². The maximum Gasteiger partial charge on any atom is 0.229 e. The second kappa shape index (κ2) is 6.64. The fourth-order valence-electron chi connectivity index (χ4n) is 1.97. The van der Waals surface area contributed by atoms with E-state index in [1.54, 1.807) is 0 Å². The fourth-order valence-corrected chi connectivity index (χ4v) is 2.76. The first-order valence-corrected chi connectivity index (χ1v) is 7.39. The number of hydrogen-bond donors (Lipinski definition) is 1. The zero-order chi connectivity index (χ0) is 12.8. The summed E-state index contributed by atoms with van der Waals surface area (Å²) in [5, 5.41) is 12.6. The van der Waals surface area contributed by atoms with Crippen LogP contribution in [0.2, 0.25) is 0 Å². The van der Waals surface area contributed by atoms with Crippen molar-refractivity contribution in [1.29, 1.82) is 0 Å². The number of amides is 1. The molecular formula is C13H19N3OS. The second-order valence-corrected chi connectivity index (χ2v) is 5.64. The van der Waals surface area contributed by atoms with Crippen LogP contribution in [-0.2, 0) is 11.2 Å². The van der Waals surface area contributed by atoms with Crippen molar-refractivity contribution in [2.24, 2.45) is 5.92 Å². The number of carbonyl (C=O) groups is 1. The van der Waals surface area contributed by atoms with Crippen molar-refractivity contribution in [2.45, 2.75) is 45.4 Å². The number of anilines is 1. The number of nitrogens with zero attached hydrogens (tertiary/aromatic N) is 2. The molecule has 1 unspecified atom stereocenters. The summed E-state index contributed by atoms with van der Waals surface area (Å²) in [5.74, 6) is 0.176. The molecular weight excluding hydrogens is 246 g/mol. The van der Waals surface area contributed by atoms with Gasteiger partial charge in [0, 0.05) is 12.3 Å². The second-order valence-electron chi connectivity index (χ2n) is 4.58. The molecule has 18 heavy (non-hydrogen) atoms. The number of unbranched alkanes of at least 4 members (excludes halogenated alkanes) is 1. The zero-order valence-corrected chi connectivity index (χ0v) is 11.5. The highest BCUT2D eigenvalue weighted by Gasteiger charge is 2.19. The van der Waals surface area contributed by atoms with Crippen molar-refractivity contribution in [1.82, 2.24) is 10.2 Å². The van der Waals surface area contributed by atoms with Gasteiger partial charge >= 0.3 is 0 Å². The minimum absolute atomic E-state index is 0.0811. The van der Waals surface area contributed by atoms with Gasteiger partial charge in [-0.1, -0.05) is 36.8 Å². The number of allylic oxidation sites excluding steroid dienone is 2. The van der Waals surface area contributed by atoms with Crippen molar-refractivity contribution in [2.75, 3.05) is 5.32 Å². The van der Waals surface area contributed by atoms with Gasteiger partial charge in [-0.05, 0) is 25.7 Å². The molecule has 4 nitrogen and oxygen atoms in total. The van der Waals surface area contributed by atoms with Crippen molar-refractivity contribution in [3.63, 3.8) is 0 Å². The fraction of sp³-hybridized carbons (Fsp3) is 0.615. The predicted octanol–water partition coefficient (Wildman–Crippen LogP) is 3.18. The summed E-state index contributed by atoms with van der Waals surface area (Å²) in [4.78, 5) is 12.0. The number of aromatic nitrogens is 2. The van der Waals surface area contributed by atoms with Crippen LogP contribution in [0.25, 0.3) is 0 Å². The highest BCUT2D eigenvalue weighted by Crippen LogP contribution is 2.22. The summed E-state index contributed by atoms with van der Waals surface area (Å²) in [7, 11) is 0. The molecule has 98 valence electrons. The van der Waals surface area contributed by atoms with Crippen LogP contribution in [0.5, 0.6) is 0 Å². The number of carbonyl (C=O) groups excluding carboxylic acids is 1. The molecule has 0 saturated heterocycles. The lowest BCUT2D eigenvalue weighted by Crippen LogP contribution is -2.23. The van der Waals surface area contributed by atoms with E-state index >= 15 is 0 Å². The van der Waals surface area contributed by atoms with Crippen LogP contribution in [0.4, 0.5) is 5.13 Å². The van der Waals surface area contributed by atoms with Gasteiger partial charge in [0.15, 0.2) is 0 Å². The van der Waals surface area contributed by atoms with Crippen molar-refractivity contribution in [3.05, 3.63) is 17.2 Å². The normalized spacial score (nSPS) is 18.8. The Balaban J connectivity index is 1.86. The molecule has 1 aromatic heterocycles. The molecule has 1 heterocycles. The SMILES string of the molecule is CCCCc1nnc(NC(=O)C2CC=CCC2)s1. The molecule has 0 aliphatic heterocycles. The van der Waals surface area contributed by atoms with Gasteiger partial charge in [0.2, 0.25) is 11.0 Å². The summed E-state index contributed by atoms with van der Waals surface area (Å²) in [6.45, 7) is 2.15. The Hall–Kier alpha value is -1.23. The lowest BCUT2D eigenvalue weighted by Gasteiger charge is -2.15. The van der Waals surface area contributed by atoms with Gasteiger partial charge in [0.1, 0.15) is 5.01 Å². The third-order valence-electron chi connectivity index (χ3n) is 3.08. The molecule has 0 radical (unpaired) electrons. The summed E-state index contributed by atoms with van der Waals surface area (Å²) in [6, 6.07) is 0. The molecule has 1 atom stereocenters. The van der Waals surface area contributed by atoms with E-state index in [-0.39, 0.29) is 11.8 Å². The Labute approximate surface area is 112 Å². The van der Waals surface area contributed by atoms with Gasteiger partial charge < -0.3 is 5.32 Å². The molecule has 1 aromatic rings. The maximum atomic E-state index is 12.0. The van der Waals surface area contributed by atoms with Crippen molar-refractivity contribution in [3.8, 4) is 0 Å². The van der Waals surface area contributed by atoms with E-state index in [0.717, 1.165) is 43.5 Å². The van der Waals surface area contributed by atoms with Gasteiger partial charge in [-0.15, -0.1) is 10.2 Å². The van der Waals surface area contributed by atoms with Crippen molar-refractivity contribution < 1.29 is 4.79 Å². The first kappa shape index (κ1) is 13.2. The molecule has 0 bridgehead atoms. The summed E-state index contributed by atoms with van der Waals surface area (Å²) < 4.78 is 0. The Morgan fingerprint density at radius 3 is 3.11 bits per heavy atom. The molecule has 1 amide bonds. The Bertz CT molecular complexity index is 428. The quantitative estimate of drug-likeness (QED) is 0.832. The highest BCUT2D eigenvalue weighted by atomic mass is 32.1. The van der Waals surface area contributed by atoms with E-state index in [9.17, 15) is 4.79 Å². The molecule has 0 spiro atoms. The molecule has 0 saturated carbocycles. The van der Waals surface area contributed by atoms with Gasteiger partial charge in [-0.3, -0.25) is 4.79 Å². The monoisotopic (exact) mass is 265 g/mol. The van der Waals surface area contributed by atoms with Gasteiger partial charge in [0.05, 0.1) is 0 Å². The van der Waals surface area contributed by atoms with Crippen LogP contribution in [0.1, 0.15) is 44.0 Å². The molecule has 5 heteroatoms. The van der Waals surface area contributed by atoms with Crippen LogP contribution in [0.15, 0.2) is 12.2 Å². The Morgan fingerprint density at radius 1 is 1.50 bits per heavy atom. The predicted molar refractivity (Wildman–Crippen MR) is 73.6 cm³/mol. The van der Waals surface area contributed by atoms with E-state index in [2.05, 4.69) is 34.6 Å². The highest BCUT2D eigenvalue weighted by molar-refractivity contribution is 7.15. The van der Waals surface area contributed by atoms with E-state index in [1.807, 2.05) is 0 Å². The molecule has 2 rings (SSSR count). The van der Waals surface area contributed by atoms with E-state index in [1.165, 1.54) is 11.3 Å². The van der Waals surface area contributed by atoms with E-state index in [4.69, 9.17) is 0 Å². The number of hydrogen-bond acceptors (Lipinski definition) is 4. The average Bonchev–Trinajstić information content (AvgIpc) is 2.85. The summed E-state index contributed by atoms with van der Waals surface area (Å²) in [5.41, 5.74) is 0.